The van der Waals surface area contributed by atoms with Gasteiger partial charge in [-0.1, -0.05) is 185 Å². The Bertz CT molecular complexity index is 3070. The van der Waals surface area contributed by atoms with Gasteiger partial charge < -0.3 is 19.7 Å². The molecule has 15 heteroatoms. The fourth-order valence-corrected chi connectivity index (χ4v) is 11.1. The van der Waals surface area contributed by atoms with Crippen molar-refractivity contribution >= 4 is 18.5 Å². The molecule has 8 atom stereocenters. The average Bonchev–Trinajstić information content (AvgIpc) is 0.904. The summed E-state index contributed by atoms with van der Waals surface area (Å²) in [4.78, 5) is 62.6. The number of esters is 1. The molecule has 0 saturated carbocycles. The molecular formula is C98H169N3O12. The first-order valence-corrected chi connectivity index (χ1v) is 42.4. The molecule has 648 valence electrons. The van der Waals surface area contributed by atoms with Crippen LogP contribution in [0, 0.1) is 54.0 Å². The molecule has 8 unspecified atom stereocenters. The third-order valence-corrected chi connectivity index (χ3v) is 19.0. The van der Waals surface area contributed by atoms with Crippen LogP contribution in [0.4, 0.5) is 0 Å². The number of aliphatic hydroxyl groups is 2. The molecule has 0 bridgehead atoms. The first kappa shape index (κ1) is 117. The predicted molar refractivity (Wildman–Crippen MR) is 487 cm³/mol. The fourth-order valence-electron chi connectivity index (χ4n) is 11.1. The van der Waals surface area contributed by atoms with Crippen LogP contribution in [-0.2, 0) is 19.1 Å². The smallest absolute Gasteiger partial charge is 0.303 e. The standard InChI is InChI=1S/C19H33NO4.C17H31NO3.C17H29NO2.2C15H26O.C15H24O/c1-14(2)9-7-10-15(3)11-8-12-16(4)13-19(24-18(6)21)17(5)20(22)23;1-13(2)8-6-9-14(3)10-7-11-15(4)12-17(19)16(5)18(20)21;1-14(2)8-6-9-15(3)10-7-11-16(4)12-13-17(5)18(19)20;3*1-13(2)7-5-8-14(3)9-6-10-15(4)11-12-16/h9,11,16-17,19H,7-8,10,12-13H2,1-6H3;8,10,15-17,19H,6-7,9,11-12H2,1-5H3;8,10,13,16H,6-7,9,11-12H2,1-5H3;7,9,12,15H,5-6,8,10-11H2,1-4H3;7,9,11,16H,5-6,8,10,12H2,1-4H3;7,9,11-12H,5-6,8,10H2,1-4H3/b15-11+;14-10+;15-10+,17-13+;14-9+;2*14-9+,15-11+. The highest BCUT2D eigenvalue weighted by atomic mass is 16.6. The van der Waals surface area contributed by atoms with Gasteiger partial charge in [-0.2, -0.15) is 0 Å². The third-order valence-electron chi connectivity index (χ3n) is 19.0. The normalized spacial score (nSPS) is 14.2. The molecule has 0 aliphatic rings. The van der Waals surface area contributed by atoms with E-state index < -0.39 is 35.2 Å². The summed E-state index contributed by atoms with van der Waals surface area (Å²) in [6, 6.07) is -1.76. The number of nitro groups is 3. The molecule has 0 spiro atoms. The number of aliphatic hydroxyl groups excluding tert-OH is 2. The van der Waals surface area contributed by atoms with Gasteiger partial charge >= 0.3 is 5.97 Å². The zero-order valence-corrected chi connectivity index (χ0v) is 77.3. The zero-order valence-electron chi connectivity index (χ0n) is 77.3. The van der Waals surface area contributed by atoms with E-state index in [9.17, 15) is 49.8 Å². The predicted octanol–water partition coefficient (Wildman–Crippen LogP) is 28.9. The maximum absolute atomic E-state index is 11.2. The van der Waals surface area contributed by atoms with Crippen LogP contribution in [0.1, 0.15) is 374 Å². The van der Waals surface area contributed by atoms with Crippen LogP contribution in [0.5, 0.6) is 0 Å². The number of hydrogen-bond acceptors (Lipinski definition) is 12. The summed E-state index contributed by atoms with van der Waals surface area (Å²) in [7, 11) is 0. The summed E-state index contributed by atoms with van der Waals surface area (Å²) in [5, 5.41) is 50.5. The van der Waals surface area contributed by atoms with Gasteiger partial charge in [0.15, 0.2) is 6.10 Å². The van der Waals surface area contributed by atoms with Gasteiger partial charge in [-0.15, -0.1) is 0 Å². The molecule has 0 aromatic carbocycles. The van der Waals surface area contributed by atoms with E-state index in [1.54, 1.807) is 19.1 Å². The maximum atomic E-state index is 11.2. The van der Waals surface area contributed by atoms with E-state index in [2.05, 4.69) is 225 Å². The first-order chi connectivity index (χ1) is 52.9. The lowest BCUT2D eigenvalue weighted by Gasteiger charge is -2.21. The van der Waals surface area contributed by atoms with Gasteiger partial charge in [-0.25, -0.2) is 0 Å². The summed E-state index contributed by atoms with van der Waals surface area (Å²) in [5.74, 6) is 1.12. The van der Waals surface area contributed by atoms with Gasteiger partial charge in [0.05, 0.1) is 11.5 Å². The van der Waals surface area contributed by atoms with E-state index in [1.165, 1.54) is 93.2 Å². The number of ether oxygens (including phenoxy) is 1. The Morgan fingerprint density at radius 3 is 0.876 bits per heavy atom. The molecule has 15 nitrogen and oxygen atoms in total. The van der Waals surface area contributed by atoms with Crippen molar-refractivity contribution in [2.75, 3.05) is 6.61 Å². The van der Waals surface area contributed by atoms with Crippen molar-refractivity contribution in [2.45, 2.75) is 398 Å². The molecule has 0 amide bonds. The highest BCUT2D eigenvalue weighted by molar-refractivity contribution is 5.66. The van der Waals surface area contributed by atoms with Crippen molar-refractivity contribution in [3.63, 3.8) is 0 Å². The van der Waals surface area contributed by atoms with E-state index in [-0.39, 0.29) is 28.1 Å². The van der Waals surface area contributed by atoms with Gasteiger partial charge in [0.1, 0.15) is 18.7 Å². The van der Waals surface area contributed by atoms with Gasteiger partial charge in [0, 0.05) is 44.0 Å². The van der Waals surface area contributed by atoms with E-state index in [0.717, 1.165) is 179 Å². The fraction of sp³-hybridized carbons (Fsp3) is 0.663. The lowest BCUT2D eigenvalue weighted by Crippen LogP contribution is -2.35. The van der Waals surface area contributed by atoms with E-state index in [0.29, 0.717) is 37.0 Å². The quantitative estimate of drug-likeness (QED) is 0.0145. The van der Waals surface area contributed by atoms with Crippen LogP contribution in [0.25, 0.3) is 0 Å². The second-order valence-corrected chi connectivity index (χ2v) is 33.4. The van der Waals surface area contributed by atoms with Crippen LogP contribution in [0.15, 0.2) is 175 Å². The SMILES string of the molecule is CC(=O)OC(CC(C)CC/C=C(\C)CCC=C(C)C)C(C)[N+](=O)[O-].CC(C)=CCC/C(C)=C/CC/C(C)=C/C=O.CC(C)=CCC/C(C)=C/CC/C(C)=C/CO.CC(C)=CCC/C(C)=C/CCC(C)C/C=C(\C)[N+](=O)[O-].CC(C)=CCC/C(C)=C/CCC(C)CC(O)C(C)[N+](=O)[O-].CC(C)=CCC/C(C)=C/CCC(C)CC=O. The van der Waals surface area contributed by atoms with Crippen LogP contribution >= 0.6 is 0 Å². The van der Waals surface area contributed by atoms with Crippen molar-refractivity contribution in [1.29, 1.82) is 0 Å². The van der Waals surface area contributed by atoms with E-state index >= 15 is 0 Å². The second-order valence-electron chi connectivity index (χ2n) is 33.4. The van der Waals surface area contributed by atoms with Crippen molar-refractivity contribution in [3.05, 3.63) is 205 Å². The Hall–Kier alpha value is -6.97. The highest BCUT2D eigenvalue weighted by Crippen LogP contribution is 2.23. The van der Waals surface area contributed by atoms with Gasteiger partial charge in [0.25, 0.3) is 0 Å². The third kappa shape index (κ3) is 90.4. The van der Waals surface area contributed by atoms with Gasteiger partial charge in [-0.05, 0) is 348 Å². The summed E-state index contributed by atoms with van der Waals surface area (Å²) < 4.78 is 5.14. The molecule has 0 radical (unpaired) electrons. The maximum Gasteiger partial charge on any atom is 0.303 e. The molecule has 0 rings (SSSR count). The topological polar surface area (TPSA) is 230 Å². The van der Waals surface area contributed by atoms with E-state index in [1.807, 2.05) is 19.9 Å². The van der Waals surface area contributed by atoms with Crippen molar-refractivity contribution in [1.82, 2.24) is 0 Å². The van der Waals surface area contributed by atoms with Gasteiger partial charge in [-0.3, -0.25) is 39.9 Å². The number of nitrogens with zero attached hydrogens (tertiary/aromatic N) is 3. The molecule has 0 aliphatic heterocycles. The molecule has 0 fully saturated rings. The molecule has 0 heterocycles. The number of rotatable bonds is 52. The van der Waals surface area contributed by atoms with Crippen molar-refractivity contribution in [2.24, 2.45) is 23.7 Å². The van der Waals surface area contributed by atoms with Crippen LogP contribution < -0.4 is 0 Å². The Morgan fingerprint density at radius 2 is 0.611 bits per heavy atom. The molecule has 0 aliphatic carbocycles. The molecule has 113 heavy (non-hydrogen) atoms. The summed E-state index contributed by atoms with van der Waals surface area (Å²) >= 11 is 0. The number of carbonyl (C=O) groups is 3. The molecule has 0 aromatic rings. The number of aldehydes is 2. The highest BCUT2D eigenvalue weighted by Gasteiger charge is 2.31. The van der Waals surface area contributed by atoms with Crippen molar-refractivity contribution in [3.8, 4) is 0 Å². The number of hydrogen-bond donors (Lipinski definition) is 2. The Labute approximate surface area is 692 Å². The minimum atomic E-state index is -0.881. The van der Waals surface area contributed by atoms with Crippen LogP contribution in [0.3, 0.4) is 0 Å². The number of allylic oxidation sites excluding steroid dienone is 29. The lowest BCUT2D eigenvalue weighted by molar-refractivity contribution is -0.530. The number of carbonyl (C=O) groups excluding carboxylic acids is 3. The second kappa shape index (κ2) is 77.6. The average molecular weight is 1580 g/mol. The van der Waals surface area contributed by atoms with Crippen LogP contribution in [-0.4, -0.2) is 74.4 Å². The molecular weight excluding hydrogens is 1410 g/mol. The minimum absolute atomic E-state index is 0.162. The molecule has 2 N–H and O–H groups in total. The Morgan fingerprint density at radius 1 is 0.345 bits per heavy atom. The summed E-state index contributed by atoms with van der Waals surface area (Å²) in [6.07, 6.45) is 61.2. The minimum Gasteiger partial charge on any atom is -0.455 e. The van der Waals surface area contributed by atoms with Crippen LogP contribution in [0.2, 0.25) is 0 Å². The summed E-state index contributed by atoms with van der Waals surface area (Å²) in [6.45, 7) is 57.0. The Kier molecular flexibility index (Phi) is 80.3. The monoisotopic (exact) mass is 1580 g/mol. The zero-order chi connectivity index (χ0) is 87.8. The lowest BCUT2D eigenvalue weighted by atomic mass is 9.94. The van der Waals surface area contributed by atoms with Gasteiger partial charge in [0.2, 0.25) is 17.8 Å². The first-order valence-electron chi connectivity index (χ1n) is 42.4. The Balaban J connectivity index is -0.000000306. The van der Waals surface area contributed by atoms with Crippen molar-refractivity contribution < 1.29 is 44.1 Å². The largest absolute Gasteiger partial charge is 0.455 e. The molecule has 0 saturated heterocycles. The van der Waals surface area contributed by atoms with E-state index in [4.69, 9.17) is 9.84 Å². The molecule has 0 aromatic heterocycles. The summed E-state index contributed by atoms with van der Waals surface area (Å²) in [5.41, 5.74) is 19.5.